The number of rotatable bonds is 4. The molecule has 0 radical (unpaired) electrons. The van der Waals surface area contributed by atoms with Crippen LogP contribution in [0.3, 0.4) is 0 Å². The van der Waals surface area contributed by atoms with Crippen molar-refractivity contribution < 1.29 is 19.3 Å². The Hall–Kier alpha value is -1.79. The van der Waals surface area contributed by atoms with Crippen LogP contribution in [0, 0.1) is 5.82 Å². The zero-order valence-electron chi connectivity index (χ0n) is 14.3. The van der Waals surface area contributed by atoms with Crippen LogP contribution < -0.4 is 0 Å². The fourth-order valence-electron chi connectivity index (χ4n) is 3.56. The van der Waals surface area contributed by atoms with E-state index in [1.54, 1.807) is 17.4 Å². The van der Waals surface area contributed by atoms with E-state index in [4.69, 9.17) is 4.74 Å². The van der Waals surface area contributed by atoms with E-state index in [0.29, 0.717) is 24.8 Å². The van der Waals surface area contributed by atoms with Gasteiger partial charge in [0.2, 0.25) is 0 Å². The van der Waals surface area contributed by atoms with E-state index in [9.17, 15) is 14.6 Å². The summed E-state index contributed by atoms with van der Waals surface area (Å²) in [5, 5.41) is 20.5. The molecule has 2 heterocycles. The summed E-state index contributed by atoms with van der Waals surface area (Å²) in [6.07, 6.45) is 0.213. The van der Waals surface area contributed by atoms with Crippen LogP contribution in [0.4, 0.5) is 4.39 Å². The zero-order chi connectivity index (χ0) is 18.1. The highest BCUT2D eigenvalue weighted by Crippen LogP contribution is 2.33. The summed E-state index contributed by atoms with van der Waals surface area (Å²) in [4.78, 5) is 1.11. The normalized spacial score (nSPS) is 23.4. The lowest BCUT2D eigenvalue weighted by atomic mass is 9.94. The van der Waals surface area contributed by atoms with Gasteiger partial charge in [-0.2, -0.15) is 0 Å². The molecule has 3 aromatic rings. The third-order valence-electron chi connectivity index (χ3n) is 4.86. The predicted molar refractivity (Wildman–Crippen MR) is 101 cm³/mol. The third-order valence-corrected chi connectivity index (χ3v) is 5.98. The van der Waals surface area contributed by atoms with E-state index in [-0.39, 0.29) is 24.6 Å². The maximum Gasteiger partial charge on any atom is 0.126 e. The first-order valence-electron chi connectivity index (χ1n) is 8.82. The molecule has 0 aliphatic carbocycles. The molecule has 26 heavy (non-hydrogen) atoms. The average molecular weight is 372 g/mol. The van der Waals surface area contributed by atoms with Gasteiger partial charge in [-0.25, -0.2) is 4.39 Å². The topological polar surface area (TPSA) is 49.7 Å². The highest BCUT2D eigenvalue weighted by atomic mass is 32.1. The Bertz CT molecular complexity index is 874. The Morgan fingerprint density at radius 3 is 2.77 bits per heavy atom. The summed E-state index contributed by atoms with van der Waals surface area (Å²) in [5.41, 5.74) is 1.47. The number of hydrogen-bond donors (Lipinski definition) is 2. The maximum absolute atomic E-state index is 14.4. The van der Waals surface area contributed by atoms with E-state index in [0.717, 1.165) is 10.4 Å². The number of ether oxygens (including phenoxy) is 1. The molecule has 3 atom stereocenters. The second kappa shape index (κ2) is 7.45. The Balaban J connectivity index is 1.59. The molecule has 4 rings (SSSR count). The third kappa shape index (κ3) is 3.67. The Kier molecular flexibility index (Phi) is 5.05. The van der Waals surface area contributed by atoms with Crippen molar-refractivity contribution >= 4 is 21.4 Å². The second-order valence-electron chi connectivity index (χ2n) is 6.83. The minimum absolute atomic E-state index is 0.122. The van der Waals surface area contributed by atoms with Crippen LogP contribution in [0.25, 0.3) is 10.1 Å². The second-order valence-corrected chi connectivity index (χ2v) is 8.00. The van der Waals surface area contributed by atoms with Crippen molar-refractivity contribution in [1.29, 1.82) is 0 Å². The van der Waals surface area contributed by atoms with Gasteiger partial charge in [0, 0.05) is 28.8 Å². The molecule has 0 bridgehead atoms. The fraction of sp³-hybridized carbons (Fsp3) is 0.333. The molecule has 1 saturated heterocycles. The van der Waals surface area contributed by atoms with E-state index in [1.807, 2.05) is 18.2 Å². The standard InChI is InChI=1S/C21H21FO3S/c22-19-6-5-13(20-11-16(24)10-17(12-23)25-20)7-15(19)9-18-8-14-3-1-2-4-21(14)26-18/h1-8,16-17,20,23-24H,9-12H2/t16-,17?,20+/m0/s1. The van der Waals surface area contributed by atoms with Gasteiger partial charge in [0.25, 0.3) is 0 Å². The van der Waals surface area contributed by atoms with Crippen LogP contribution in [0.2, 0.25) is 0 Å². The lowest BCUT2D eigenvalue weighted by Crippen LogP contribution is -2.33. The Labute approximate surface area is 155 Å². The number of benzene rings is 2. The first-order valence-corrected chi connectivity index (χ1v) is 9.64. The van der Waals surface area contributed by atoms with Crippen LogP contribution >= 0.6 is 11.3 Å². The lowest BCUT2D eigenvalue weighted by molar-refractivity contribution is -0.113. The van der Waals surface area contributed by atoms with E-state index < -0.39 is 6.10 Å². The van der Waals surface area contributed by atoms with Crippen LogP contribution in [0.15, 0.2) is 48.5 Å². The maximum atomic E-state index is 14.4. The van der Waals surface area contributed by atoms with Crippen molar-refractivity contribution in [3.8, 4) is 0 Å². The molecular weight excluding hydrogens is 351 g/mol. The quantitative estimate of drug-likeness (QED) is 0.721. The molecule has 2 aromatic carbocycles. The Morgan fingerprint density at radius 2 is 1.96 bits per heavy atom. The Morgan fingerprint density at radius 1 is 1.12 bits per heavy atom. The van der Waals surface area contributed by atoms with Crippen molar-refractivity contribution in [3.63, 3.8) is 0 Å². The molecule has 5 heteroatoms. The van der Waals surface area contributed by atoms with Crippen molar-refractivity contribution in [3.05, 3.63) is 70.4 Å². The SMILES string of the molecule is OCC1C[C@H](O)C[C@H](c2ccc(F)c(Cc3cc4ccccc4s3)c2)O1. The number of thiophene rings is 1. The van der Waals surface area contributed by atoms with E-state index in [1.165, 1.54) is 16.2 Å². The summed E-state index contributed by atoms with van der Waals surface area (Å²) in [5.74, 6) is -0.235. The van der Waals surface area contributed by atoms with Crippen LogP contribution in [0.5, 0.6) is 0 Å². The number of fused-ring (bicyclic) bond motifs is 1. The van der Waals surface area contributed by atoms with Gasteiger partial charge in [-0.15, -0.1) is 11.3 Å². The van der Waals surface area contributed by atoms with Gasteiger partial charge in [-0.05, 0) is 40.8 Å². The lowest BCUT2D eigenvalue weighted by Gasteiger charge is -2.32. The highest BCUT2D eigenvalue weighted by molar-refractivity contribution is 7.19. The van der Waals surface area contributed by atoms with Crippen molar-refractivity contribution in [1.82, 2.24) is 0 Å². The molecule has 3 nitrogen and oxygen atoms in total. The van der Waals surface area contributed by atoms with Gasteiger partial charge in [-0.1, -0.05) is 24.3 Å². The van der Waals surface area contributed by atoms with E-state index >= 15 is 0 Å². The summed E-state index contributed by atoms with van der Waals surface area (Å²) in [6.45, 7) is -0.122. The van der Waals surface area contributed by atoms with Crippen LogP contribution in [0.1, 0.15) is 34.9 Å². The molecular formula is C21H21FO3S. The largest absolute Gasteiger partial charge is 0.394 e. The molecule has 1 fully saturated rings. The molecule has 1 aliphatic rings. The molecule has 1 aromatic heterocycles. The van der Waals surface area contributed by atoms with Gasteiger partial charge in [0.15, 0.2) is 0 Å². The molecule has 2 N–H and O–H groups in total. The van der Waals surface area contributed by atoms with Gasteiger partial charge in [0.1, 0.15) is 5.82 Å². The molecule has 0 saturated carbocycles. The summed E-state index contributed by atoms with van der Waals surface area (Å²) in [7, 11) is 0. The number of hydrogen-bond acceptors (Lipinski definition) is 4. The predicted octanol–water partition coefficient (Wildman–Crippen LogP) is 4.20. The summed E-state index contributed by atoms with van der Waals surface area (Å²) < 4.78 is 21.4. The number of aliphatic hydroxyl groups is 2. The smallest absolute Gasteiger partial charge is 0.126 e. The number of aliphatic hydroxyl groups excluding tert-OH is 2. The minimum atomic E-state index is -0.512. The molecule has 1 unspecified atom stereocenters. The van der Waals surface area contributed by atoms with Gasteiger partial charge in [-0.3, -0.25) is 0 Å². The first kappa shape index (κ1) is 17.6. The fourth-order valence-corrected chi connectivity index (χ4v) is 4.65. The zero-order valence-corrected chi connectivity index (χ0v) is 15.1. The minimum Gasteiger partial charge on any atom is -0.394 e. The monoisotopic (exact) mass is 372 g/mol. The number of halogens is 1. The van der Waals surface area contributed by atoms with Crippen LogP contribution in [-0.4, -0.2) is 29.0 Å². The molecule has 136 valence electrons. The summed E-state index contributed by atoms with van der Waals surface area (Å²) >= 11 is 1.68. The van der Waals surface area contributed by atoms with Gasteiger partial charge >= 0.3 is 0 Å². The van der Waals surface area contributed by atoms with Crippen molar-refractivity contribution in [2.75, 3.05) is 6.61 Å². The van der Waals surface area contributed by atoms with E-state index in [2.05, 4.69) is 18.2 Å². The van der Waals surface area contributed by atoms with Crippen molar-refractivity contribution in [2.45, 2.75) is 37.6 Å². The highest BCUT2D eigenvalue weighted by Gasteiger charge is 2.29. The van der Waals surface area contributed by atoms with Crippen molar-refractivity contribution in [2.24, 2.45) is 0 Å². The first-order chi connectivity index (χ1) is 12.6. The molecule has 1 aliphatic heterocycles. The average Bonchev–Trinajstić information content (AvgIpc) is 3.05. The van der Waals surface area contributed by atoms with Gasteiger partial charge in [0.05, 0.1) is 24.9 Å². The van der Waals surface area contributed by atoms with Crippen LogP contribution in [-0.2, 0) is 11.2 Å². The van der Waals surface area contributed by atoms with Gasteiger partial charge < -0.3 is 14.9 Å². The molecule has 0 spiro atoms. The summed E-state index contributed by atoms with van der Waals surface area (Å²) in [6, 6.07) is 15.3. The molecule has 0 amide bonds.